The van der Waals surface area contributed by atoms with Crippen molar-refractivity contribution >= 4 is 11.6 Å². The average molecular weight is 323 g/mol. The van der Waals surface area contributed by atoms with Gasteiger partial charge in [0.2, 0.25) is 5.91 Å². The van der Waals surface area contributed by atoms with Gasteiger partial charge >= 0.3 is 0 Å². The monoisotopic (exact) mass is 323 g/mol. The molecule has 2 aromatic rings. The van der Waals surface area contributed by atoms with Gasteiger partial charge in [-0.1, -0.05) is 36.8 Å². The van der Waals surface area contributed by atoms with E-state index in [0.717, 1.165) is 22.6 Å². The van der Waals surface area contributed by atoms with Gasteiger partial charge in [-0.25, -0.2) is 0 Å². The number of carbonyl (C=O) groups excluding carboxylic acids is 1. The maximum atomic E-state index is 11.8. The topological polar surface area (TPSA) is 38.3 Å². The highest BCUT2D eigenvalue weighted by molar-refractivity contribution is 5.91. The molecule has 2 aromatic carbocycles. The molecule has 3 nitrogen and oxygen atoms in total. The molecule has 0 saturated heterocycles. The molecule has 0 atom stereocenters. The van der Waals surface area contributed by atoms with Crippen molar-refractivity contribution in [2.45, 2.75) is 52.6 Å². The van der Waals surface area contributed by atoms with Gasteiger partial charge in [-0.2, -0.15) is 0 Å². The van der Waals surface area contributed by atoms with Crippen LogP contribution in [0.15, 0.2) is 36.4 Å². The summed E-state index contributed by atoms with van der Waals surface area (Å²) in [4.78, 5) is 11.8. The standard InChI is InChI=1S/C21H25NO2/c1-4-21(23)22-19-9-8-17(16-6-7-16)12-18(19)13-24-20-10-5-14(2)11-15(20)3/h5,8-12,16H,4,6-7,13H2,1-3H3,(H,22,23). The largest absolute Gasteiger partial charge is 0.489 e. The Balaban J connectivity index is 1.80. The van der Waals surface area contributed by atoms with Crippen LogP contribution in [0.25, 0.3) is 0 Å². The molecule has 0 heterocycles. The zero-order valence-electron chi connectivity index (χ0n) is 14.7. The van der Waals surface area contributed by atoms with Gasteiger partial charge < -0.3 is 10.1 Å². The first-order valence-electron chi connectivity index (χ1n) is 8.69. The molecule has 1 aliphatic carbocycles. The predicted molar refractivity (Wildman–Crippen MR) is 97.6 cm³/mol. The molecule has 126 valence electrons. The van der Waals surface area contributed by atoms with Crippen LogP contribution < -0.4 is 10.1 Å². The number of carbonyl (C=O) groups is 1. The van der Waals surface area contributed by atoms with E-state index in [1.54, 1.807) is 0 Å². The molecule has 24 heavy (non-hydrogen) atoms. The summed E-state index contributed by atoms with van der Waals surface area (Å²) in [6, 6.07) is 12.5. The predicted octanol–water partition coefficient (Wildman–Crippen LogP) is 5.11. The van der Waals surface area contributed by atoms with E-state index in [9.17, 15) is 4.79 Å². The number of rotatable bonds is 6. The Hall–Kier alpha value is -2.29. The molecule has 3 heteroatoms. The minimum absolute atomic E-state index is 0.0296. The number of hydrogen-bond acceptors (Lipinski definition) is 2. The lowest BCUT2D eigenvalue weighted by atomic mass is 10.1. The van der Waals surface area contributed by atoms with Crippen LogP contribution in [-0.4, -0.2) is 5.91 Å². The Bertz CT molecular complexity index is 747. The van der Waals surface area contributed by atoms with Crippen molar-refractivity contribution in [2.75, 3.05) is 5.32 Å². The summed E-state index contributed by atoms with van der Waals surface area (Å²) in [5.41, 5.74) is 5.61. The Morgan fingerprint density at radius 1 is 1.17 bits per heavy atom. The molecule has 1 aliphatic rings. The first-order valence-corrected chi connectivity index (χ1v) is 8.69. The number of amides is 1. The van der Waals surface area contributed by atoms with Gasteiger partial charge in [0, 0.05) is 17.7 Å². The second-order valence-electron chi connectivity index (χ2n) is 6.65. The molecule has 1 amide bonds. The third-order valence-corrected chi connectivity index (χ3v) is 4.49. The first-order chi connectivity index (χ1) is 11.6. The van der Waals surface area contributed by atoms with Crippen molar-refractivity contribution in [1.82, 2.24) is 0 Å². The minimum Gasteiger partial charge on any atom is -0.489 e. The van der Waals surface area contributed by atoms with Crippen LogP contribution in [0.2, 0.25) is 0 Å². The summed E-state index contributed by atoms with van der Waals surface area (Å²) in [7, 11) is 0. The van der Waals surface area contributed by atoms with Gasteiger partial charge in [-0.15, -0.1) is 0 Å². The third kappa shape index (κ3) is 3.97. The summed E-state index contributed by atoms with van der Waals surface area (Å²) < 4.78 is 6.04. The molecule has 1 fully saturated rings. The van der Waals surface area contributed by atoms with Crippen molar-refractivity contribution in [3.05, 3.63) is 58.7 Å². The zero-order valence-corrected chi connectivity index (χ0v) is 14.7. The zero-order chi connectivity index (χ0) is 17.1. The van der Waals surface area contributed by atoms with Crippen LogP contribution in [-0.2, 0) is 11.4 Å². The van der Waals surface area contributed by atoms with Crippen LogP contribution in [0.3, 0.4) is 0 Å². The first kappa shape index (κ1) is 16.6. The van der Waals surface area contributed by atoms with Crippen LogP contribution >= 0.6 is 0 Å². The molecule has 0 radical (unpaired) electrons. The second kappa shape index (κ2) is 7.08. The lowest BCUT2D eigenvalue weighted by Crippen LogP contribution is -2.12. The van der Waals surface area contributed by atoms with Crippen LogP contribution in [0.4, 0.5) is 5.69 Å². The van der Waals surface area contributed by atoms with E-state index < -0.39 is 0 Å². The Kier molecular flexibility index (Phi) is 4.89. The molecule has 0 spiro atoms. The van der Waals surface area contributed by atoms with E-state index in [-0.39, 0.29) is 5.91 Å². The van der Waals surface area contributed by atoms with E-state index in [0.29, 0.717) is 18.9 Å². The quantitative estimate of drug-likeness (QED) is 0.802. The molecule has 0 aromatic heterocycles. The van der Waals surface area contributed by atoms with Crippen molar-refractivity contribution in [3.8, 4) is 5.75 Å². The fourth-order valence-electron chi connectivity index (χ4n) is 2.88. The number of anilines is 1. The SMILES string of the molecule is CCC(=O)Nc1ccc(C2CC2)cc1COc1ccc(C)cc1C. The maximum absolute atomic E-state index is 11.8. The summed E-state index contributed by atoms with van der Waals surface area (Å²) in [5.74, 6) is 1.60. The van der Waals surface area contributed by atoms with Gasteiger partial charge in [-0.05, 0) is 55.9 Å². The number of ether oxygens (including phenoxy) is 1. The second-order valence-corrected chi connectivity index (χ2v) is 6.65. The molecule has 3 rings (SSSR count). The minimum atomic E-state index is 0.0296. The van der Waals surface area contributed by atoms with Crippen LogP contribution in [0.1, 0.15) is 54.4 Å². The van der Waals surface area contributed by atoms with E-state index in [1.165, 1.54) is 24.0 Å². The maximum Gasteiger partial charge on any atom is 0.224 e. The van der Waals surface area contributed by atoms with E-state index in [1.807, 2.05) is 19.1 Å². The lowest BCUT2D eigenvalue weighted by molar-refractivity contribution is -0.115. The van der Waals surface area contributed by atoms with Crippen molar-refractivity contribution in [1.29, 1.82) is 0 Å². The molecule has 0 unspecified atom stereocenters. The molecule has 0 bridgehead atoms. The average Bonchev–Trinajstić information content (AvgIpc) is 3.40. The molecular formula is C21H25NO2. The number of nitrogens with one attached hydrogen (secondary N) is 1. The summed E-state index contributed by atoms with van der Waals surface area (Å²) in [5, 5.41) is 2.99. The normalized spacial score (nSPS) is 13.6. The van der Waals surface area contributed by atoms with Crippen molar-refractivity contribution in [3.63, 3.8) is 0 Å². The third-order valence-electron chi connectivity index (χ3n) is 4.49. The van der Waals surface area contributed by atoms with Gasteiger partial charge in [0.25, 0.3) is 0 Å². The summed E-state index contributed by atoms with van der Waals surface area (Å²) >= 11 is 0. The van der Waals surface area contributed by atoms with Gasteiger partial charge in [-0.3, -0.25) is 4.79 Å². The van der Waals surface area contributed by atoms with Gasteiger partial charge in [0.05, 0.1) is 0 Å². The van der Waals surface area contributed by atoms with Crippen LogP contribution in [0, 0.1) is 13.8 Å². The smallest absolute Gasteiger partial charge is 0.224 e. The number of benzene rings is 2. The molecule has 1 N–H and O–H groups in total. The Morgan fingerprint density at radius 2 is 1.96 bits per heavy atom. The molecule has 0 aliphatic heterocycles. The Labute approximate surface area is 144 Å². The molecular weight excluding hydrogens is 298 g/mol. The van der Waals surface area contributed by atoms with Crippen molar-refractivity contribution in [2.24, 2.45) is 0 Å². The van der Waals surface area contributed by atoms with Gasteiger partial charge in [0.15, 0.2) is 0 Å². The highest BCUT2D eigenvalue weighted by Gasteiger charge is 2.24. The van der Waals surface area contributed by atoms with Gasteiger partial charge in [0.1, 0.15) is 12.4 Å². The Morgan fingerprint density at radius 3 is 2.62 bits per heavy atom. The lowest BCUT2D eigenvalue weighted by Gasteiger charge is -2.15. The molecule has 1 saturated carbocycles. The number of hydrogen-bond donors (Lipinski definition) is 1. The highest BCUT2D eigenvalue weighted by atomic mass is 16.5. The fourth-order valence-corrected chi connectivity index (χ4v) is 2.88. The van der Waals surface area contributed by atoms with Crippen LogP contribution in [0.5, 0.6) is 5.75 Å². The number of aryl methyl sites for hydroxylation is 2. The van der Waals surface area contributed by atoms with E-state index >= 15 is 0 Å². The highest BCUT2D eigenvalue weighted by Crippen LogP contribution is 2.41. The summed E-state index contributed by atoms with van der Waals surface area (Å²) in [6.45, 7) is 6.46. The van der Waals surface area contributed by atoms with E-state index in [2.05, 4.69) is 43.4 Å². The van der Waals surface area contributed by atoms with E-state index in [4.69, 9.17) is 4.74 Å². The summed E-state index contributed by atoms with van der Waals surface area (Å²) in [6.07, 6.45) is 3.00. The fraction of sp³-hybridized carbons (Fsp3) is 0.381. The van der Waals surface area contributed by atoms with Crippen molar-refractivity contribution < 1.29 is 9.53 Å².